The Balaban J connectivity index is 2.34. The van der Waals surface area contributed by atoms with Crippen LogP contribution in [-0.2, 0) is 25.1 Å². The van der Waals surface area contributed by atoms with E-state index in [1.165, 1.54) is 6.92 Å². The number of allylic oxidation sites excluding steroid dienone is 1. The zero-order valence-corrected chi connectivity index (χ0v) is 16.5. The highest BCUT2D eigenvalue weighted by Gasteiger charge is 2.44. The Kier molecular flexibility index (Phi) is 5.86. The fourth-order valence-corrected chi connectivity index (χ4v) is 4.91. The summed E-state index contributed by atoms with van der Waals surface area (Å²) in [5.74, 6) is 0.631. The molecule has 0 aromatic heterocycles. The van der Waals surface area contributed by atoms with Crippen LogP contribution in [0.3, 0.4) is 0 Å². The minimum absolute atomic E-state index is 0.104. The molecule has 136 valence electrons. The average molecular weight is 355 g/mol. The van der Waals surface area contributed by atoms with Crippen LogP contribution in [0.5, 0.6) is 0 Å². The van der Waals surface area contributed by atoms with Crippen molar-refractivity contribution in [1.29, 1.82) is 0 Å². The van der Waals surface area contributed by atoms with Gasteiger partial charge in [0.25, 0.3) is 0 Å². The second-order valence-corrected chi connectivity index (χ2v) is 9.82. The molecule has 4 nitrogen and oxygen atoms in total. The molecular formula is C19H30O4S. The Hall–Kier alpha value is -0.810. The first-order valence-corrected chi connectivity index (χ1v) is 10.4. The molecule has 0 spiro atoms. The second-order valence-electron chi connectivity index (χ2n) is 8.25. The Morgan fingerprint density at radius 3 is 2.50 bits per heavy atom. The number of carbonyl (C=O) groups is 2. The van der Waals surface area contributed by atoms with Gasteiger partial charge in [-0.2, -0.15) is 0 Å². The lowest BCUT2D eigenvalue weighted by molar-refractivity contribution is -0.118. The minimum atomic E-state index is -1.26. The third-order valence-electron chi connectivity index (χ3n) is 5.09. The van der Waals surface area contributed by atoms with Gasteiger partial charge in [0.2, 0.25) is 0 Å². The molecule has 1 fully saturated rings. The summed E-state index contributed by atoms with van der Waals surface area (Å²) in [7, 11) is -1.26. The SMILES string of the molecule is CC(=O)C(CC1=C2CC(C)[C@@H](OC(C)(C)C)C2CCC1=O)S(C)=O. The molecule has 0 amide bonds. The summed E-state index contributed by atoms with van der Waals surface area (Å²) in [6.07, 6.45) is 4.14. The molecule has 0 N–H and O–H groups in total. The lowest BCUT2D eigenvalue weighted by Gasteiger charge is -2.33. The number of Topliss-reactive ketones (excluding diaryl/α,β-unsaturated/α-hetero) is 2. The van der Waals surface area contributed by atoms with Crippen LogP contribution in [0.1, 0.15) is 60.3 Å². The maximum Gasteiger partial charge on any atom is 0.158 e. The quantitative estimate of drug-likeness (QED) is 0.760. The van der Waals surface area contributed by atoms with Gasteiger partial charge >= 0.3 is 0 Å². The molecule has 2 rings (SSSR count). The van der Waals surface area contributed by atoms with Crippen molar-refractivity contribution in [1.82, 2.24) is 0 Å². The lowest BCUT2D eigenvalue weighted by Crippen LogP contribution is -2.35. The van der Waals surface area contributed by atoms with E-state index in [1.807, 2.05) is 0 Å². The number of rotatable bonds is 5. The van der Waals surface area contributed by atoms with E-state index in [4.69, 9.17) is 4.74 Å². The van der Waals surface area contributed by atoms with Gasteiger partial charge < -0.3 is 4.74 Å². The molecule has 0 radical (unpaired) electrons. The van der Waals surface area contributed by atoms with E-state index >= 15 is 0 Å². The smallest absolute Gasteiger partial charge is 0.158 e. The van der Waals surface area contributed by atoms with Crippen LogP contribution in [0.2, 0.25) is 0 Å². The molecule has 5 atom stereocenters. The van der Waals surface area contributed by atoms with Crippen molar-refractivity contribution in [3.05, 3.63) is 11.1 Å². The Bertz CT molecular complexity index is 571. The first-order valence-electron chi connectivity index (χ1n) is 8.77. The van der Waals surface area contributed by atoms with Crippen LogP contribution in [0, 0.1) is 11.8 Å². The van der Waals surface area contributed by atoms with E-state index in [0.717, 1.165) is 24.0 Å². The normalized spacial score (nSPS) is 30.2. The Labute approximate surface area is 147 Å². The first-order chi connectivity index (χ1) is 11.0. The minimum Gasteiger partial charge on any atom is -0.372 e. The van der Waals surface area contributed by atoms with Crippen LogP contribution in [-0.4, -0.2) is 39.0 Å². The summed E-state index contributed by atoms with van der Waals surface area (Å²) >= 11 is 0. The van der Waals surface area contributed by atoms with Gasteiger partial charge in [-0.05, 0) is 58.4 Å². The summed E-state index contributed by atoms with van der Waals surface area (Å²) in [5.41, 5.74) is 1.70. The third kappa shape index (κ3) is 4.23. The van der Waals surface area contributed by atoms with Crippen molar-refractivity contribution in [2.45, 2.75) is 77.3 Å². The summed E-state index contributed by atoms with van der Waals surface area (Å²) in [6, 6.07) is 0. The number of hydrogen-bond donors (Lipinski definition) is 0. The highest BCUT2D eigenvalue weighted by molar-refractivity contribution is 7.85. The summed E-state index contributed by atoms with van der Waals surface area (Å²) in [4.78, 5) is 24.3. The second kappa shape index (κ2) is 7.20. The van der Waals surface area contributed by atoms with E-state index in [2.05, 4.69) is 27.7 Å². The maximum absolute atomic E-state index is 12.5. The number of hydrogen-bond acceptors (Lipinski definition) is 4. The van der Waals surface area contributed by atoms with Crippen molar-refractivity contribution in [3.63, 3.8) is 0 Å². The van der Waals surface area contributed by atoms with Crippen LogP contribution >= 0.6 is 0 Å². The topological polar surface area (TPSA) is 60.4 Å². The Morgan fingerprint density at radius 2 is 2.00 bits per heavy atom. The highest BCUT2D eigenvalue weighted by atomic mass is 32.2. The molecule has 0 aromatic rings. The van der Waals surface area contributed by atoms with Gasteiger partial charge in [0, 0.05) is 29.4 Å². The van der Waals surface area contributed by atoms with E-state index in [0.29, 0.717) is 18.8 Å². The maximum atomic E-state index is 12.5. The molecule has 0 saturated heterocycles. The van der Waals surface area contributed by atoms with Crippen LogP contribution < -0.4 is 0 Å². The number of carbonyl (C=O) groups excluding carboxylic acids is 2. The molecule has 0 aliphatic heterocycles. The molecule has 2 aliphatic carbocycles. The van der Waals surface area contributed by atoms with Gasteiger partial charge in [-0.3, -0.25) is 13.8 Å². The summed E-state index contributed by atoms with van der Waals surface area (Å²) < 4.78 is 18.2. The van der Waals surface area contributed by atoms with Crippen molar-refractivity contribution in [2.75, 3.05) is 6.26 Å². The van der Waals surface area contributed by atoms with Crippen molar-refractivity contribution >= 4 is 22.4 Å². The van der Waals surface area contributed by atoms with Gasteiger partial charge in [0.05, 0.1) is 17.0 Å². The standard InChI is InChI=1S/C19H30O4S/c1-11-9-14-13(18(11)23-19(3,4)5)7-8-16(21)15(14)10-17(12(2)20)24(6)22/h11,13,17-18H,7-10H2,1-6H3/t11?,13?,17?,18-,24?/m1/s1. The van der Waals surface area contributed by atoms with Crippen LogP contribution in [0.15, 0.2) is 11.1 Å². The first kappa shape index (κ1) is 19.5. The predicted octanol–water partition coefficient (Wildman–Crippen LogP) is 3.21. The molecule has 0 heterocycles. The van der Waals surface area contributed by atoms with Crippen molar-refractivity contribution in [2.24, 2.45) is 11.8 Å². The van der Waals surface area contributed by atoms with Gasteiger partial charge in [-0.1, -0.05) is 12.5 Å². The number of ether oxygens (including phenoxy) is 1. The van der Waals surface area contributed by atoms with Crippen LogP contribution in [0.25, 0.3) is 0 Å². The average Bonchev–Trinajstić information content (AvgIpc) is 2.71. The van der Waals surface area contributed by atoms with E-state index in [1.54, 1.807) is 6.26 Å². The zero-order valence-electron chi connectivity index (χ0n) is 15.7. The molecule has 5 heteroatoms. The highest BCUT2D eigenvalue weighted by Crippen LogP contribution is 2.47. The van der Waals surface area contributed by atoms with Gasteiger partial charge in [-0.25, -0.2) is 0 Å². The van der Waals surface area contributed by atoms with Gasteiger partial charge in [-0.15, -0.1) is 0 Å². The van der Waals surface area contributed by atoms with Crippen molar-refractivity contribution in [3.8, 4) is 0 Å². The lowest BCUT2D eigenvalue weighted by atomic mass is 9.81. The number of fused-ring (bicyclic) bond motifs is 1. The third-order valence-corrected chi connectivity index (χ3v) is 6.39. The molecule has 2 aliphatic rings. The molecule has 24 heavy (non-hydrogen) atoms. The van der Waals surface area contributed by atoms with Crippen LogP contribution in [0.4, 0.5) is 0 Å². The molecule has 1 saturated carbocycles. The molecule has 4 unspecified atom stereocenters. The fraction of sp³-hybridized carbons (Fsp3) is 0.789. The predicted molar refractivity (Wildman–Crippen MR) is 96.3 cm³/mol. The largest absolute Gasteiger partial charge is 0.372 e. The Morgan fingerprint density at radius 1 is 1.38 bits per heavy atom. The van der Waals surface area contributed by atoms with E-state index < -0.39 is 16.0 Å². The van der Waals surface area contributed by atoms with E-state index in [9.17, 15) is 13.8 Å². The summed E-state index contributed by atoms with van der Waals surface area (Å²) in [5, 5.41) is -0.576. The number of ketones is 2. The molecule has 0 bridgehead atoms. The van der Waals surface area contributed by atoms with Gasteiger partial charge in [0.15, 0.2) is 5.78 Å². The van der Waals surface area contributed by atoms with Gasteiger partial charge in [0.1, 0.15) is 5.78 Å². The zero-order chi connectivity index (χ0) is 18.2. The summed E-state index contributed by atoms with van der Waals surface area (Å²) in [6.45, 7) is 9.81. The van der Waals surface area contributed by atoms with E-state index in [-0.39, 0.29) is 29.2 Å². The monoisotopic (exact) mass is 354 g/mol. The van der Waals surface area contributed by atoms with Crippen molar-refractivity contribution < 1.29 is 18.5 Å². The fourth-order valence-electron chi connectivity index (χ4n) is 4.04. The molecular weight excluding hydrogens is 324 g/mol. The molecule has 0 aromatic carbocycles.